The van der Waals surface area contributed by atoms with E-state index in [1.54, 1.807) is 23.7 Å². The fourth-order valence-electron chi connectivity index (χ4n) is 2.75. The topological polar surface area (TPSA) is 59.5 Å². The fourth-order valence-corrected chi connectivity index (χ4v) is 4.60. The van der Waals surface area contributed by atoms with Gasteiger partial charge >= 0.3 is 0 Å². The van der Waals surface area contributed by atoms with E-state index in [9.17, 15) is 4.79 Å². The summed E-state index contributed by atoms with van der Waals surface area (Å²) in [6, 6.07) is 9.54. The molecular formula is C17H16N2O3S2. The quantitative estimate of drug-likeness (QED) is 0.696. The minimum atomic E-state index is -0.0674. The number of carbonyl (C=O) groups excluding carboxylic acids is 1. The van der Waals surface area contributed by atoms with Gasteiger partial charge in [0.25, 0.3) is 5.91 Å². The van der Waals surface area contributed by atoms with E-state index in [1.807, 2.05) is 46.3 Å². The van der Waals surface area contributed by atoms with Crippen molar-refractivity contribution in [2.24, 2.45) is 0 Å². The van der Waals surface area contributed by atoms with Crippen LogP contribution in [0.3, 0.4) is 0 Å². The van der Waals surface area contributed by atoms with Gasteiger partial charge in [0.1, 0.15) is 5.76 Å². The summed E-state index contributed by atoms with van der Waals surface area (Å²) in [5.74, 6) is 2.44. The fraction of sp³-hybridized carbons (Fsp3) is 0.294. The van der Waals surface area contributed by atoms with Crippen molar-refractivity contribution in [2.45, 2.75) is 11.7 Å². The van der Waals surface area contributed by atoms with Crippen LogP contribution in [0.5, 0.6) is 0 Å². The van der Waals surface area contributed by atoms with Gasteiger partial charge in [-0.3, -0.25) is 4.79 Å². The second-order valence-electron chi connectivity index (χ2n) is 5.51. The lowest BCUT2D eigenvalue weighted by molar-refractivity contribution is 0.0755. The molecule has 1 aliphatic heterocycles. The Morgan fingerprint density at radius 3 is 3.04 bits per heavy atom. The summed E-state index contributed by atoms with van der Waals surface area (Å²) in [5, 5.41) is 6.24. The molecule has 7 heteroatoms. The zero-order valence-electron chi connectivity index (χ0n) is 12.9. The Hall–Kier alpha value is -1.99. The molecule has 3 aromatic rings. The Balaban J connectivity index is 1.45. The third kappa shape index (κ3) is 3.14. The first-order chi connectivity index (χ1) is 11.8. The van der Waals surface area contributed by atoms with Gasteiger partial charge < -0.3 is 13.8 Å². The maximum Gasteiger partial charge on any atom is 0.276 e. The highest BCUT2D eigenvalue weighted by Gasteiger charge is 2.26. The number of aromatic nitrogens is 1. The summed E-state index contributed by atoms with van der Waals surface area (Å²) >= 11 is 3.40. The minimum Gasteiger partial charge on any atom is -0.468 e. The maximum absolute atomic E-state index is 12.7. The predicted octanol–water partition coefficient (Wildman–Crippen LogP) is 4.32. The average molecular weight is 360 g/mol. The molecular weight excluding hydrogens is 344 g/mol. The first-order valence-electron chi connectivity index (χ1n) is 7.76. The molecule has 1 fully saturated rings. The third-order valence-electron chi connectivity index (χ3n) is 3.98. The zero-order chi connectivity index (χ0) is 16.4. The summed E-state index contributed by atoms with van der Waals surface area (Å²) in [5.41, 5.74) is 0.375. The molecule has 4 rings (SSSR count). The van der Waals surface area contributed by atoms with Crippen LogP contribution in [0.4, 0.5) is 0 Å². The van der Waals surface area contributed by atoms with Gasteiger partial charge in [-0.1, -0.05) is 11.2 Å². The van der Waals surface area contributed by atoms with Crippen molar-refractivity contribution < 1.29 is 13.7 Å². The van der Waals surface area contributed by atoms with E-state index in [-0.39, 0.29) is 5.91 Å². The first-order valence-corrected chi connectivity index (χ1v) is 9.69. The molecule has 0 spiro atoms. The standard InChI is InChI=1S/C17H16N2O3S2/c20-17(12-11-14(22-18-12)15-4-2-9-23-15)19-6-5-16(24-10-7-19)13-3-1-8-21-13/h1-4,8-9,11,16H,5-7,10H2. The first kappa shape index (κ1) is 15.5. The Labute approximate surface area is 147 Å². The second-order valence-corrected chi connectivity index (χ2v) is 7.77. The normalized spacial score (nSPS) is 18.5. The number of rotatable bonds is 3. The number of thioether (sulfide) groups is 1. The Morgan fingerprint density at radius 2 is 2.25 bits per heavy atom. The summed E-state index contributed by atoms with van der Waals surface area (Å²) in [4.78, 5) is 15.5. The molecule has 5 nitrogen and oxygen atoms in total. The van der Waals surface area contributed by atoms with E-state index in [4.69, 9.17) is 8.94 Å². The number of hydrogen-bond acceptors (Lipinski definition) is 6. The third-order valence-corrected chi connectivity index (χ3v) is 6.16. The lowest BCUT2D eigenvalue weighted by Crippen LogP contribution is -2.33. The van der Waals surface area contributed by atoms with Gasteiger partial charge in [0.2, 0.25) is 0 Å². The Morgan fingerprint density at radius 1 is 1.29 bits per heavy atom. The second kappa shape index (κ2) is 6.86. The molecule has 0 saturated carbocycles. The molecule has 1 amide bonds. The lowest BCUT2D eigenvalue weighted by atomic mass is 10.2. The Bertz CT molecular complexity index is 796. The molecule has 1 aliphatic rings. The van der Waals surface area contributed by atoms with Crippen LogP contribution in [-0.2, 0) is 0 Å². The molecule has 24 heavy (non-hydrogen) atoms. The summed E-state index contributed by atoms with van der Waals surface area (Å²) in [6.45, 7) is 1.40. The van der Waals surface area contributed by atoms with Crippen molar-refractivity contribution in [3.63, 3.8) is 0 Å². The molecule has 124 valence electrons. The predicted molar refractivity (Wildman–Crippen MR) is 94.2 cm³/mol. The summed E-state index contributed by atoms with van der Waals surface area (Å²) in [7, 11) is 0. The van der Waals surface area contributed by atoms with Gasteiger partial charge in [-0.05, 0) is 30.0 Å². The highest BCUT2D eigenvalue weighted by molar-refractivity contribution is 7.99. The summed E-state index contributed by atoms with van der Waals surface area (Å²) < 4.78 is 10.8. The van der Waals surface area contributed by atoms with Crippen LogP contribution in [-0.4, -0.2) is 34.8 Å². The highest BCUT2D eigenvalue weighted by Crippen LogP contribution is 2.35. The zero-order valence-corrected chi connectivity index (χ0v) is 14.5. The number of carbonyl (C=O) groups is 1. The molecule has 0 aliphatic carbocycles. The maximum atomic E-state index is 12.7. The van der Waals surface area contributed by atoms with Crippen molar-refractivity contribution in [1.82, 2.24) is 10.1 Å². The number of hydrogen-bond donors (Lipinski definition) is 0. The monoisotopic (exact) mass is 360 g/mol. The minimum absolute atomic E-state index is 0.0674. The number of amides is 1. The molecule has 1 unspecified atom stereocenters. The van der Waals surface area contributed by atoms with Gasteiger partial charge in [0.15, 0.2) is 11.5 Å². The van der Waals surface area contributed by atoms with Crippen LogP contribution in [0.25, 0.3) is 10.6 Å². The molecule has 0 aromatic carbocycles. The van der Waals surface area contributed by atoms with Crippen molar-refractivity contribution in [1.29, 1.82) is 0 Å². The van der Waals surface area contributed by atoms with Gasteiger partial charge in [-0.15, -0.1) is 23.1 Å². The highest BCUT2D eigenvalue weighted by atomic mass is 32.2. The average Bonchev–Trinajstić information content (AvgIpc) is 3.33. The SMILES string of the molecule is O=C(c1cc(-c2cccs2)on1)N1CCSC(c2ccco2)CC1. The lowest BCUT2D eigenvalue weighted by Gasteiger charge is -2.18. The number of nitrogens with zero attached hydrogens (tertiary/aromatic N) is 2. The van der Waals surface area contributed by atoms with Crippen LogP contribution in [0, 0.1) is 0 Å². The van der Waals surface area contributed by atoms with Crippen molar-refractivity contribution in [3.8, 4) is 10.6 Å². The van der Waals surface area contributed by atoms with Crippen molar-refractivity contribution >= 4 is 29.0 Å². The molecule has 0 radical (unpaired) electrons. The summed E-state index contributed by atoms with van der Waals surface area (Å²) in [6.07, 6.45) is 2.57. The van der Waals surface area contributed by atoms with Gasteiger partial charge in [0.05, 0.1) is 16.4 Å². The van der Waals surface area contributed by atoms with Crippen LogP contribution in [0.15, 0.2) is 50.9 Å². The molecule has 4 heterocycles. The van der Waals surface area contributed by atoms with Crippen LogP contribution in [0.1, 0.15) is 27.9 Å². The molecule has 1 atom stereocenters. The molecule has 0 N–H and O–H groups in total. The Kier molecular flexibility index (Phi) is 4.44. The number of thiophene rings is 1. The number of furan rings is 1. The van der Waals surface area contributed by atoms with Crippen molar-refractivity contribution in [3.05, 3.63) is 53.4 Å². The van der Waals surface area contributed by atoms with Crippen molar-refractivity contribution in [2.75, 3.05) is 18.8 Å². The van der Waals surface area contributed by atoms with Gasteiger partial charge in [0, 0.05) is 24.9 Å². The van der Waals surface area contributed by atoms with Gasteiger partial charge in [-0.25, -0.2) is 0 Å². The molecule has 0 bridgehead atoms. The van der Waals surface area contributed by atoms with E-state index in [1.165, 1.54) is 0 Å². The van der Waals surface area contributed by atoms with E-state index in [2.05, 4.69) is 5.16 Å². The van der Waals surface area contributed by atoms with E-state index in [0.717, 1.165) is 22.8 Å². The molecule has 3 aromatic heterocycles. The van der Waals surface area contributed by atoms with E-state index < -0.39 is 0 Å². The largest absolute Gasteiger partial charge is 0.468 e. The van der Waals surface area contributed by atoms with Crippen LogP contribution >= 0.6 is 23.1 Å². The van der Waals surface area contributed by atoms with Gasteiger partial charge in [-0.2, -0.15) is 0 Å². The van der Waals surface area contributed by atoms with Crippen LogP contribution in [0.2, 0.25) is 0 Å². The van der Waals surface area contributed by atoms with E-state index in [0.29, 0.717) is 29.8 Å². The molecule has 1 saturated heterocycles. The smallest absolute Gasteiger partial charge is 0.276 e. The van der Waals surface area contributed by atoms with Crippen LogP contribution < -0.4 is 0 Å². The van der Waals surface area contributed by atoms with E-state index >= 15 is 0 Å².